The molecule has 0 atom stereocenters. The van der Waals surface area contributed by atoms with Crippen LogP contribution in [0.3, 0.4) is 0 Å². The number of carbonyl (C=O) groups excluding carboxylic acids is 1. The van der Waals surface area contributed by atoms with Crippen molar-refractivity contribution in [3.63, 3.8) is 0 Å². The lowest BCUT2D eigenvalue weighted by atomic mass is 10.3. The molecule has 1 aliphatic heterocycles. The van der Waals surface area contributed by atoms with Crippen molar-refractivity contribution in [2.75, 3.05) is 31.1 Å². The lowest BCUT2D eigenvalue weighted by Gasteiger charge is -2.22. The van der Waals surface area contributed by atoms with E-state index in [1.165, 1.54) is 0 Å². The van der Waals surface area contributed by atoms with Gasteiger partial charge in [-0.15, -0.1) is 15.3 Å². The number of aryl methyl sites for hydroxylation is 1. The number of carbonyl (C=O) groups is 1. The molecule has 0 spiro atoms. The molecule has 3 heterocycles. The maximum atomic E-state index is 12.3. The van der Waals surface area contributed by atoms with Crippen molar-refractivity contribution < 1.29 is 4.79 Å². The normalized spacial score (nSPS) is 16.4. The first-order valence-electron chi connectivity index (χ1n) is 7.97. The third kappa shape index (κ3) is 2.75. The second-order valence-corrected chi connectivity index (χ2v) is 5.59. The molecule has 0 N–H and O–H groups in total. The van der Waals surface area contributed by atoms with Gasteiger partial charge in [0.1, 0.15) is 5.82 Å². The largest absolute Gasteiger partial charge is 0.346 e. The summed E-state index contributed by atoms with van der Waals surface area (Å²) in [6.45, 7) is 7.03. The molecule has 7 heteroatoms. The molecule has 0 aliphatic carbocycles. The SMILES string of the molecule is CCCN1CCCN(c2ccc3nnc(CC)n3n2)CC1=O. The summed E-state index contributed by atoms with van der Waals surface area (Å²) in [6, 6.07) is 3.83. The van der Waals surface area contributed by atoms with Crippen LogP contribution in [0.4, 0.5) is 5.82 Å². The summed E-state index contributed by atoms with van der Waals surface area (Å²) < 4.78 is 1.77. The van der Waals surface area contributed by atoms with Crippen LogP contribution < -0.4 is 4.90 Å². The summed E-state index contributed by atoms with van der Waals surface area (Å²) in [6.07, 6.45) is 2.74. The maximum absolute atomic E-state index is 12.3. The first-order valence-corrected chi connectivity index (χ1v) is 7.97. The fourth-order valence-electron chi connectivity index (χ4n) is 2.83. The van der Waals surface area contributed by atoms with Gasteiger partial charge in [0.05, 0.1) is 6.54 Å². The van der Waals surface area contributed by atoms with E-state index in [2.05, 4.69) is 27.1 Å². The molecule has 0 aromatic carbocycles. The first kappa shape index (κ1) is 14.7. The van der Waals surface area contributed by atoms with Crippen LogP contribution in [0, 0.1) is 0 Å². The van der Waals surface area contributed by atoms with Gasteiger partial charge in [0.15, 0.2) is 11.5 Å². The zero-order valence-corrected chi connectivity index (χ0v) is 13.2. The minimum atomic E-state index is 0.181. The lowest BCUT2D eigenvalue weighted by Crippen LogP contribution is -2.37. The molecular weight excluding hydrogens is 280 g/mol. The minimum absolute atomic E-state index is 0.181. The van der Waals surface area contributed by atoms with Crippen molar-refractivity contribution >= 4 is 17.4 Å². The van der Waals surface area contributed by atoms with E-state index in [1.54, 1.807) is 4.52 Å². The molecule has 118 valence electrons. The Bertz CT molecular complexity index is 667. The number of hydrogen-bond donors (Lipinski definition) is 0. The molecular formula is C15H22N6O. The van der Waals surface area contributed by atoms with Crippen molar-refractivity contribution in [1.29, 1.82) is 0 Å². The zero-order valence-electron chi connectivity index (χ0n) is 13.2. The van der Waals surface area contributed by atoms with Crippen LogP contribution in [0.15, 0.2) is 12.1 Å². The van der Waals surface area contributed by atoms with Crippen LogP contribution in [-0.2, 0) is 11.2 Å². The zero-order chi connectivity index (χ0) is 15.5. The van der Waals surface area contributed by atoms with Crippen molar-refractivity contribution in [2.45, 2.75) is 33.1 Å². The van der Waals surface area contributed by atoms with Crippen molar-refractivity contribution in [3.05, 3.63) is 18.0 Å². The predicted octanol–water partition coefficient (Wildman–Crippen LogP) is 1.14. The number of anilines is 1. The van der Waals surface area contributed by atoms with Crippen LogP contribution in [0.25, 0.3) is 5.65 Å². The van der Waals surface area contributed by atoms with Gasteiger partial charge in [-0.1, -0.05) is 13.8 Å². The predicted molar refractivity (Wildman–Crippen MR) is 83.9 cm³/mol. The fraction of sp³-hybridized carbons (Fsp3) is 0.600. The average Bonchev–Trinajstić information content (AvgIpc) is 2.85. The Kier molecular flexibility index (Phi) is 4.22. The smallest absolute Gasteiger partial charge is 0.242 e. The van der Waals surface area contributed by atoms with Crippen molar-refractivity contribution in [3.8, 4) is 0 Å². The molecule has 0 bridgehead atoms. The Hall–Kier alpha value is -2.18. The van der Waals surface area contributed by atoms with Crippen LogP contribution in [0.2, 0.25) is 0 Å². The lowest BCUT2D eigenvalue weighted by molar-refractivity contribution is -0.129. The van der Waals surface area contributed by atoms with E-state index in [0.29, 0.717) is 6.54 Å². The van der Waals surface area contributed by atoms with Gasteiger partial charge in [-0.3, -0.25) is 4.79 Å². The van der Waals surface area contributed by atoms with Gasteiger partial charge in [0.2, 0.25) is 5.91 Å². The highest BCUT2D eigenvalue weighted by Gasteiger charge is 2.22. The van der Waals surface area contributed by atoms with E-state index >= 15 is 0 Å². The molecule has 0 radical (unpaired) electrons. The minimum Gasteiger partial charge on any atom is -0.346 e. The molecule has 2 aromatic rings. The number of fused-ring (bicyclic) bond motifs is 1. The van der Waals surface area contributed by atoms with Crippen LogP contribution in [0.5, 0.6) is 0 Å². The fourth-order valence-corrected chi connectivity index (χ4v) is 2.83. The van der Waals surface area contributed by atoms with Gasteiger partial charge < -0.3 is 9.80 Å². The molecule has 2 aromatic heterocycles. The Balaban J connectivity index is 1.85. The van der Waals surface area contributed by atoms with Crippen LogP contribution in [0.1, 0.15) is 32.5 Å². The van der Waals surface area contributed by atoms with Gasteiger partial charge in [0, 0.05) is 26.1 Å². The molecule has 3 rings (SSSR count). The van der Waals surface area contributed by atoms with E-state index in [9.17, 15) is 4.79 Å². The van der Waals surface area contributed by atoms with Crippen molar-refractivity contribution in [2.24, 2.45) is 0 Å². The molecule has 0 saturated carbocycles. The van der Waals surface area contributed by atoms with Gasteiger partial charge >= 0.3 is 0 Å². The van der Waals surface area contributed by atoms with E-state index in [4.69, 9.17) is 0 Å². The topological polar surface area (TPSA) is 66.6 Å². The second-order valence-electron chi connectivity index (χ2n) is 5.59. The summed E-state index contributed by atoms with van der Waals surface area (Å²) in [4.78, 5) is 16.4. The molecule has 7 nitrogen and oxygen atoms in total. The number of hydrogen-bond acceptors (Lipinski definition) is 5. The van der Waals surface area contributed by atoms with Gasteiger partial charge in [-0.25, -0.2) is 0 Å². The summed E-state index contributed by atoms with van der Waals surface area (Å²) in [5.41, 5.74) is 0.745. The third-order valence-electron chi connectivity index (χ3n) is 3.98. The molecule has 1 amide bonds. The van der Waals surface area contributed by atoms with Gasteiger partial charge in [-0.2, -0.15) is 4.52 Å². The Morgan fingerprint density at radius 1 is 1.18 bits per heavy atom. The highest BCUT2D eigenvalue weighted by Crippen LogP contribution is 2.16. The average molecular weight is 302 g/mol. The maximum Gasteiger partial charge on any atom is 0.242 e. The third-order valence-corrected chi connectivity index (χ3v) is 3.98. The Labute approximate surface area is 129 Å². The van der Waals surface area contributed by atoms with E-state index < -0.39 is 0 Å². The summed E-state index contributed by atoms with van der Waals surface area (Å²) >= 11 is 0. The molecule has 22 heavy (non-hydrogen) atoms. The summed E-state index contributed by atoms with van der Waals surface area (Å²) in [5, 5.41) is 12.9. The highest BCUT2D eigenvalue weighted by molar-refractivity contribution is 5.81. The standard InChI is InChI=1S/C15H22N6O/c1-3-8-19-9-5-10-20(11-15(19)22)14-7-6-13-17-16-12(4-2)21(13)18-14/h6-7H,3-5,8-11H2,1-2H3. The van der Waals surface area contributed by atoms with E-state index in [-0.39, 0.29) is 5.91 Å². The summed E-state index contributed by atoms with van der Waals surface area (Å²) in [5.74, 6) is 1.83. The highest BCUT2D eigenvalue weighted by atomic mass is 16.2. The van der Waals surface area contributed by atoms with Crippen molar-refractivity contribution in [1.82, 2.24) is 24.7 Å². The Morgan fingerprint density at radius 3 is 2.82 bits per heavy atom. The second kappa shape index (κ2) is 6.29. The van der Waals surface area contributed by atoms with Gasteiger partial charge in [0.25, 0.3) is 0 Å². The number of amides is 1. The quantitative estimate of drug-likeness (QED) is 0.847. The number of aromatic nitrogens is 4. The van der Waals surface area contributed by atoms with E-state index in [1.807, 2.05) is 24.0 Å². The number of rotatable bonds is 4. The van der Waals surface area contributed by atoms with Crippen LogP contribution in [-0.4, -0.2) is 56.8 Å². The van der Waals surface area contributed by atoms with Gasteiger partial charge in [-0.05, 0) is 25.0 Å². The molecule has 0 unspecified atom stereocenters. The molecule has 1 fully saturated rings. The number of nitrogens with zero attached hydrogens (tertiary/aromatic N) is 6. The molecule has 1 aliphatic rings. The monoisotopic (exact) mass is 302 g/mol. The summed E-state index contributed by atoms with van der Waals surface area (Å²) in [7, 11) is 0. The van der Waals surface area contributed by atoms with Crippen LogP contribution >= 0.6 is 0 Å². The Morgan fingerprint density at radius 2 is 2.05 bits per heavy atom. The van der Waals surface area contributed by atoms with E-state index in [0.717, 1.165) is 56.2 Å². The molecule has 1 saturated heterocycles. The first-order chi connectivity index (χ1) is 10.7.